The van der Waals surface area contributed by atoms with Gasteiger partial charge in [-0.1, -0.05) is 0 Å². The van der Waals surface area contributed by atoms with E-state index >= 15 is 0 Å². The summed E-state index contributed by atoms with van der Waals surface area (Å²) >= 11 is 0. The van der Waals surface area contributed by atoms with Crippen molar-refractivity contribution in [2.75, 3.05) is 5.32 Å². The number of aromatic nitrogens is 3. The molecule has 0 saturated carbocycles. The van der Waals surface area contributed by atoms with E-state index in [0.29, 0.717) is 6.54 Å². The molecule has 0 fully saturated rings. The molecule has 19 heavy (non-hydrogen) atoms. The lowest BCUT2D eigenvalue weighted by Crippen LogP contribution is -2.04. The Balaban J connectivity index is 2.20. The van der Waals surface area contributed by atoms with Crippen molar-refractivity contribution in [1.82, 2.24) is 14.8 Å². The molecule has 0 atom stereocenters. The fourth-order valence-electron chi connectivity index (χ4n) is 1.54. The van der Waals surface area contributed by atoms with E-state index in [1.54, 1.807) is 24.1 Å². The number of nitriles is 1. The molecule has 0 amide bonds. The SMILES string of the molecule is Cn1cc(CNc2ncc(C#N)cc2[N+](=O)[O-])cn1. The van der Waals surface area contributed by atoms with Crippen LogP contribution in [0.2, 0.25) is 0 Å². The minimum absolute atomic E-state index is 0.132. The van der Waals surface area contributed by atoms with E-state index in [1.165, 1.54) is 12.3 Å². The van der Waals surface area contributed by atoms with Crippen LogP contribution in [0.3, 0.4) is 0 Å². The Morgan fingerprint density at radius 1 is 1.58 bits per heavy atom. The molecule has 0 saturated heterocycles. The third-order valence-electron chi connectivity index (χ3n) is 2.41. The fourth-order valence-corrected chi connectivity index (χ4v) is 1.54. The maximum Gasteiger partial charge on any atom is 0.312 e. The van der Waals surface area contributed by atoms with Crippen molar-refractivity contribution in [2.24, 2.45) is 7.05 Å². The van der Waals surface area contributed by atoms with Crippen LogP contribution in [0.1, 0.15) is 11.1 Å². The summed E-state index contributed by atoms with van der Waals surface area (Å²) in [5.41, 5.74) is 0.810. The zero-order valence-corrected chi connectivity index (χ0v) is 10.1. The largest absolute Gasteiger partial charge is 0.360 e. The average Bonchev–Trinajstić information content (AvgIpc) is 2.82. The van der Waals surface area contributed by atoms with Crippen molar-refractivity contribution >= 4 is 11.5 Å². The Morgan fingerprint density at radius 2 is 2.37 bits per heavy atom. The topological polar surface area (TPSA) is 110 Å². The average molecular weight is 258 g/mol. The predicted octanol–water partition coefficient (Wildman–Crippen LogP) is 1.21. The highest BCUT2D eigenvalue weighted by Gasteiger charge is 2.16. The van der Waals surface area contributed by atoms with E-state index < -0.39 is 4.92 Å². The molecule has 2 aromatic rings. The summed E-state index contributed by atoms with van der Waals surface area (Å²) in [4.78, 5) is 14.2. The van der Waals surface area contributed by atoms with Crippen molar-refractivity contribution in [3.05, 3.63) is 45.9 Å². The first-order valence-electron chi connectivity index (χ1n) is 5.36. The van der Waals surface area contributed by atoms with Crippen LogP contribution in [0.4, 0.5) is 11.5 Å². The first-order valence-corrected chi connectivity index (χ1v) is 5.36. The molecule has 8 nitrogen and oxygen atoms in total. The van der Waals surface area contributed by atoms with E-state index in [1.807, 2.05) is 6.07 Å². The second kappa shape index (κ2) is 5.14. The van der Waals surface area contributed by atoms with Gasteiger partial charge >= 0.3 is 5.69 Å². The van der Waals surface area contributed by atoms with Crippen LogP contribution in [0, 0.1) is 21.4 Å². The van der Waals surface area contributed by atoms with Gasteiger partial charge in [-0.3, -0.25) is 14.8 Å². The zero-order valence-electron chi connectivity index (χ0n) is 10.1. The van der Waals surface area contributed by atoms with Crippen molar-refractivity contribution in [2.45, 2.75) is 6.54 Å². The lowest BCUT2D eigenvalue weighted by atomic mass is 10.2. The van der Waals surface area contributed by atoms with Gasteiger partial charge in [-0.2, -0.15) is 10.4 Å². The smallest absolute Gasteiger partial charge is 0.312 e. The van der Waals surface area contributed by atoms with Gasteiger partial charge in [0, 0.05) is 37.6 Å². The molecule has 2 aromatic heterocycles. The van der Waals surface area contributed by atoms with Gasteiger partial charge in [-0.05, 0) is 0 Å². The number of nitrogens with zero attached hydrogens (tertiary/aromatic N) is 5. The molecule has 0 spiro atoms. The number of rotatable bonds is 4. The molecular formula is C11H10N6O2. The second-order valence-corrected chi connectivity index (χ2v) is 3.84. The second-order valence-electron chi connectivity index (χ2n) is 3.84. The summed E-state index contributed by atoms with van der Waals surface area (Å²) in [6.07, 6.45) is 4.74. The van der Waals surface area contributed by atoms with Gasteiger partial charge in [0.1, 0.15) is 6.07 Å². The number of nitro groups is 1. The number of hydrogen-bond acceptors (Lipinski definition) is 6. The standard InChI is InChI=1S/C11H10N6O2/c1-16-7-9(6-15-16)5-14-11-10(17(18)19)2-8(3-12)4-13-11/h2,4,6-7H,5H2,1H3,(H,13,14). The summed E-state index contributed by atoms with van der Waals surface area (Å²) in [5.74, 6) is 0.132. The maximum atomic E-state index is 10.9. The molecule has 0 unspecified atom stereocenters. The van der Waals surface area contributed by atoms with Gasteiger partial charge in [-0.15, -0.1) is 0 Å². The lowest BCUT2D eigenvalue weighted by molar-refractivity contribution is -0.384. The van der Waals surface area contributed by atoms with Crippen LogP contribution in [0.5, 0.6) is 0 Å². The summed E-state index contributed by atoms with van der Waals surface area (Å²) in [5, 5.41) is 26.5. The molecule has 0 aromatic carbocycles. The first-order chi connectivity index (χ1) is 9.10. The van der Waals surface area contributed by atoms with Gasteiger partial charge in [0.2, 0.25) is 5.82 Å². The third-order valence-corrected chi connectivity index (χ3v) is 2.41. The third kappa shape index (κ3) is 2.84. The van der Waals surface area contributed by atoms with Crippen LogP contribution in [-0.2, 0) is 13.6 Å². The van der Waals surface area contributed by atoms with E-state index in [4.69, 9.17) is 5.26 Å². The first kappa shape index (κ1) is 12.5. The fraction of sp³-hybridized carbons (Fsp3) is 0.182. The highest BCUT2D eigenvalue weighted by Crippen LogP contribution is 2.22. The lowest BCUT2D eigenvalue weighted by Gasteiger charge is -2.04. The molecule has 0 aliphatic heterocycles. The molecular weight excluding hydrogens is 248 g/mol. The quantitative estimate of drug-likeness (QED) is 0.651. The Labute approximate surface area is 108 Å². The molecule has 2 heterocycles. The van der Waals surface area contributed by atoms with Crippen LogP contribution in [0.15, 0.2) is 24.7 Å². The van der Waals surface area contributed by atoms with Crippen LogP contribution in [-0.4, -0.2) is 19.7 Å². The Kier molecular flexibility index (Phi) is 3.38. The van der Waals surface area contributed by atoms with E-state index in [2.05, 4.69) is 15.4 Å². The highest BCUT2D eigenvalue weighted by molar-refractivity contribution is 5.58. The molecule has 8 heteroatoms. The summed E-state index contributed by atoms with van der Waals surface area (Å²) in [7, 11) is 1.78. The normalized spacial score (nSPS) is 9.89. The Morgan fingerprint density at radius 3 is 2.95 bits per heavy atom. The summed E-state index contributed by atoms with van der Waals surface area (Å²) in [6.45, 7) is 0.369. The van der Waals surface area contributed by atoms with Crippen LogP contribution >= 0.6 is 0 Å². The summed E-state index contributed by atoms with van der Waals surface area (Å²) < 4.78 is 1.64. The van der Waals surface area contributed by atoms with Crippen LogP contribution < -0.4 is 5.32 Å². The minimum Gasteiger partial charge on any atom is -0.360 e. The molecule has 0 aliphatic carbocycles. The van der Waals surface area contributed by atoms with Crippen molar-refractivity contribution in [3.8, 4) is 6.07 Å². The Hall–Kier alpha value is -2.95. The maximum absolute atomic E-state index is 10.9. The van der Waals surface area contributed by atoms with Crippen LogP contribution in [0.25, 0.3) is 0 Å². The highest BCUT2D eigenvalue weighted by atomic mass is 16.6. The van der Waals surface area contributed by atoms with Crippen molar-refractivity contribution < 1.29 is 4.92 Å². The van der Waals surface area contributed by atoms with E-state index in [0.717, 1.165) is 5.56 Å². The molecule has 2 rings (SSSR count). The number of nitrogens with one attached hydrogen (secondary N) is 1. The summed E-state index contributed by atoms with van der Waals surface area (Å²) in [6, 6.07) is 3.01. The monoisotopic (exact) mass is 258 g/mol. The molecule has 96 valence electrons. The van der Waals surface area contributed by atoms with Gasteiger partial charge in [0.25, 0.3) is 0 Å². The van der Waals surface area contributed by atoms with E-state index in [-0.39, 0.29) is 17.1 Å². The molecule has 0 aliphatic rings. The van der Waals surface area contributed by atoms with Crippen molar-refractivity contribution in [1.29, 1.82) is 5.26 Å². The zero-order chi connectivity index (χ0) is 13.8. The van der Waals surface area contributed by atoms with Gasteiger partial charge < -0.3 is 5.32 Å². The van der Waals surface area contributed by atoms with Gasteiger partial charge in [0.05, 0.1) is 16.7 Å². The minimum atomic E-state index is -0.570. The molecule has 0 radical (unpaired) electrons. The van der Waals surface area contributed by atoms with Gasteiger partial charge in [-0.25, -0.2) is 4.98 Å². The molecule has 1 N–H and O–H groups in total. The number of hydrogen-bond donors (Lipinski definition) is 1. The van der Waals surface area contributed by atoms with Crippen molar-refractivity contribution in [3.63, 3.8) is 0 Å². The van der Waals surface area contributed by atoms with Gasteiger partial charge in [0.15, 0.2) is 0 Å². The number of pyridine rings is 1. The Bertz CT molecular complexity index is 657. The number of aryl methyl sites for hydroxylation is 1. The van der Waals surface area contributed by atoms with E-state index in [9.17, 15) is 10.1 Å². The number of anilines is 1. The predicted molar refractivity (Wildman–Crippen MR) is 66.1 cm³/mol. The molecule has 0 bridgehead atoms.